The van der Waals surface area contributed by atoms with Crippen LogP contribution in [0.1, 0.15) is 22.1 Å². The monoisotopic (exact) mass is 247 g/mol. The van der Waals surface area contributed by atoms with Gasteiger partial charge in [0, 0.05) is 26.1 Å². The Bertz CT molecular complexity index is 552. The van der Waals surface area contributed by atoms with E-state index < -0.39 is 5.91 Å². The van der Waals surface area contributed by atoms with E-state index in [1.165, 1.54) is 0 Å². The number of hydrogen-bond donors (Lipinski definition) is 2. The maximum Gasteiger partial charge on any atom is 0.252 e. The van der Waals surface area contributed by atoms with Crippen LogP contribution in [0.2, 0.25) is 0 Å². The van der Waals surface area contributed by atoms with Gasteiger partial charge in [0.2, 0.25) is 5.89 Å². The molecule has 2 heterocycles. The number of nitrogens with one attached hydrogen (secondary N) is 1. The lowest BCUT2D eigenvalue weighted by Gasteiger charge is -2.06. The maximum absolute atomic E-state index is 11.2. The number of primary amides is 1. The average Bonchev–Trinajstić information content (AvgIpc) is 2.75. The first-order valence-corrected chi connectivity index (χ1v) is 5.44. The molecule has 0 atom stereocenters. The van der Waals surface area contributed by atoms with E-state index in [9.17, 15) is 4.79 Å². The standard InChI is InChI=1S/C11H13N5O2/c1-7-15-9(16-18-7)4-6-14-11-8(10(12)17)3-2-5-13-11/h2-3,5H,4,6H2,1H3,(H2,12,17)(H,13,14). The Labute approximate surface area is 103 Å². The first kappa shape index (κ1) is 12.0. The normalized spacial score (nSPS) is 10.3. The highest BCUT2D eigenvalue weighted by Crippen LogP contribution is 2.10. The van der Waals surface area contributed by atoms with E-state index in [4.69, 9.17) is 10.3 Å². The second-order valence-corrected chi connectivity index (χ2v) is 3.67. The van der Waals surface area contributed by atoms with Crippen LogP contribution in [-0.2, 0) is 6.42 Å². The molecule has 94 valence electrons. The molecule has 0 aliphatic rings. The molecule has 0 spiro atoms. The van der Waals surface area contributed by atoms with E-state index in [1.54, 1.807) is 25.3 Å². The molecule has 2 rings (SSSR count). The SMILES string of the molecule is Cc1nc(CCNc2ncccc2C(N)=O)no1. The molecule has 0 saturated carbocycles. The highest BCUT2D eigenvalue weighted by atomic mass is 16.5. The van der Waals surface area contributed by atoms with Crippen LogP contribution in [0.3, 0.4) is 0 Å². The lowest BCUT2D eigenvalue weighted by molar-refractivity contribution is 0.100. The van der Waals surface area contributed by atoms with E-state index >= 15 is 0 Å². The number of nitrogens with two attached hydrogens (primary N) is 1. The van der Waals surface area contributed by atoms with Crippen molar-refractivity contribution in [3.8, 4) is 0 Å². The summed E-state index contributed by atoms with van der Waals surface area (Å²) in [5.74, 6) is 1.09. The van der Waals surface area contributed by atoms with Crippen LogP contribution in [0.4, 0.5) is 5.82 Å². The molecule has 0 bridgehead atoms. The average molecular weight is 247 g/mol. The van der Waals surface area contributed by atoms with Gasteiger partial charge < -0.3 is 15.6 Å². The molecule has 2 aromatic rings. The zero-order valence-corrected chi connectivity index (χ0v) is 9.88. The summed E-state index contributed by atoms with van der Waals surface area (Å²) in [7, 11) is 0. The van der Waals surface area contributed by atoms with Gasteiger partial charge in [0.1, 0.15) is 5.82 Å². The van der Waals surface area contributed by atoms with Gasteiger partial charge in [-0.2, -0.15) is 4.98 Å². The van der Waals surface area contributed by atoms with Crippen LogP contribution in [0.25, 0.3) is 0 Å². The number of aryl methyl sites for hydroxylation is 1. The first-order valence-electron chi connectivity index (χ1n) is 5.44. The van der Waals surface area contributed by atoms with Gasteiger partial charge in [-0.15, -0.1) is 0 Å². The van der Waals surface area contributed by atoms with Gasteiger partial charge in [-0.1, -0.05) is 5.16 Å². The molecule has 0 saturated heterocycles. The van der Waals surface area contributed by atoms with Crippen molar-refractivity contribution in [1.82, 2.24) is 15.1 Å². The third-order valence-electron chi connectivity index (χ3n) is 2.28. The smallest absolute Gasteiger partial charge is 0.252 e. The molecular weight excluding hydrogens is 234 g/mol. The zero-order chi connectivity index (χ0) is 13.0. The van der Waals surface area contributed by atoms with Crippen molar-refractivity contribution in [1.29, 1.82) is 0 Å². The minimum absolute atomic E-state index is 0.363. The Balaban J connectivity index is 1.96. The quantitative estimate of drug-likeness (QED) is 0.797. The van der Waals surface area contributed by atoms with Crippen molar-refractivity contribution in [3.05, 3.63) is 35.6 Å². The van der Waals surface area contributed by atoms with Crippen LogP contribution >= 0.6 is 0 Å². The highest BCUT2D eigenvalue weighted by molar-refractivity contribution is 5.97. The molecule has 3 N–H and O–H groups in total. The molecule has 7 nitrogen and oxygen atoms in total. The van der Waals surface area contributed by atoms with Gasteiger partial charge in [-0.05, 0) is 12.1 Å². The number of carbonyl (C=O) groups is 1. The number of hydrogen-bond acceptors (Lipinski definition) is 6. The molecule has 0 fully saturated rings. The molecule has 1 amide bonds. The number of carbonyl (C=O) groups excluding carboxylic acids is 1. The summed E-state index contributed by atoms with van der Waals surface area (Å²) in [6.07, 6.45) is 2.17. The van der Waals surface area contributed by atoms with Crippen molar-refractivity contribution in [2.45, 2.75) is 13.3 Å². The Morgan fingerprint density at radius 3 is 3.06 bits per heavy atom. The first-order chi connectivity index (χ1) is 8.66. The van der Waals surface area contributed by atoms with Crippen LogP contribution in [0, 0.1) is 6.92 Å². The summed E-state index contributed by atoms with van der Waals surface area (Å²) in [6, 6.07) is 3.28. The molecule has 2 aromatic heterocycles. The van der Waals surface area contributed by atoms with E-state index in [2.05, 4.69) is 20.4 Å². The summed E-state index contributed by atoms with van der Waals surface area (Å²) in [6.45, 7) is 2.27. The van der Waals surface area contributed by atoms with Gasteiger partial charge in [0.15, 0.2) is 5.82 Å². The highest BCUT2D eigenvalue weighted by Gasteiger charge is 2.08. The molecule has 7 heteroatoms. The number of aromatic nitrogens is 3. The largest absolute Gasteiger partial charge is 0.369 e. The zero-order valence-electron chi connectivity index (χ0n) is 9.88. The lowest BCUT2D eigenvalue weighted by Crippen LogP contribution is -2.16. The fourth-order valence-electron chi connectivity index (χ4n) is 1.48. The summed E-state index contributed by atoms with van der Waals surface area (Å²) in [5.41, 5.74) is 5.60. The van der Waals surface area contributed by atoms with E-state index in [-0.39, 0.29) is 0 Å². The molecule has 0 aromatic carbocycles. The van der Waals surface area contributed by atoms with Crippen LogP contribution < -0.4 is 11.1 Å². The third kappa shape index (κ3) is 2.82. The van der Waals surface area contributed by atoms with Gasteiger partial charge in [-0.25, -0.2) is 4.98 Å². The fraction of sp³-hybridized carbons (Fsp3) is 0.273. The van der Waals surface area contributed by atoms with E-state index in [1.807, 2.05) is 0 Å². The fourth-order valence-corrected chi connectivity index (χ4v) is 1.48. The number of nitrogens with zero attached hydrogens (tertiary/aromatic N) is 3. The van der Waals surface area contributed by atoms with Crippen molar-refractivity contribution >= 4 is 11.7 Å². The molecule has 0 unspecified atom stereocenters. The second-order valence-electron chi connectivity index (χ2n) is 3.67. The summed E-state index contributed by atoms with van der Waals surface area (Å²) >= 11 is 0. The molecular formula is C11H13N5O2. The summed E-state index contributed by atoms with van der Waals surface area (Å²) in [4.78, 5) is 19.3. The maximum atomic E-state index is 11.2. The van der Waals surface area contributed by atoms with E-state index in [0.717, 1.165) is 0 Å². The predicted molar refractivity (Wildman–Crippen MR) is 64.0 cm³/mol. The van der Waals surface area contributed by atoms with Crippen LogP contribution in [0.5, 0.6) is 0 Å². The minimum Gasteiger partial charge on any atom is -0.369 e. The minimum atomic E-state index is -0.513. The summed E-state index contributed by atoms with van der Waals surface area (Å²) < 4.78 is 4.85. The van der Waals surface area contributed by atoms with Crippen LogP contribution in [0.15, 0.2) is 22.9 Å². The van der Waals surface area contributed by atoms with E-state index in [0.29, 0.717) is 36.1 Å². The molecule has 0 radical (unpaired) electrons. The Morgan fingerprint density at radius 1 is 1.56 bits per heavy atom. The summed E-state index contributed by atoms with van der Waals surface area (Å²) in [5, 5.41) is 6.79. The Morgan fingerprint density at radius 2 is 2.39 bits per heavy atom. The topological polar surface area (TPSA) is 107 Å². The Kier molecular flexibility index (Phi) is 3.52. The molecule has 0 aliphatic carbocycles. The van der Waals surface area contributed by atoms with Crippen LogP contribution in [-0.4, -0.2) is 27.6 Å². The second kappa shape index (κ2) is 5.26. The van der Waals surface area contributed by atoms with Gasteiger partial charge >= 0.3 is 0 Å². The van der Waals surface area contributed by atoms with Crippen molar-refractivity contribution in [2.24, 2.45) is 5.73 Å². The lowest BCUT2D eigenvalue weighted by atomic mass is 10.2. The predicted octanol–water partition coefficient (Wildman–Crippen LogP) is 0.527. The molecule has 18 heavy (non-hydrogen) atoms. The van der Waals surface area contributed by atoms with Crippen molar-refractivity contribution in [2.75, 3.05) is 11.9 Å². The number of anilines is 1. The number of amides is 1. The van der Waals surface area contributed by atoms with Gasteiger partial charge in [-0.3, -0.25) is 4.79 Å². The molecule has 0 aliphatic heterocycles. The number of rotatable bonds is 5. The van der Waals surface area contributed by atoms with Crippen molar-refractivity contribution < 1.29 is 9.32 Å². The van der Waals surface area contributed by atoms with Gasteiger partial charge in [0.25, 0.3) is 5.91 Å². The third-order valence-corrected chi connectivity index (χ3v) is 2.28. The number of pyridine rings is 1. The van der Waals surface area contributed by atoms with Crippen molar-refractivity contribution in [3.63, 3.8) is 0 Å². The van der Waals surface area contributed by atoms with Gasteiger partial charge in [0.05, 0.1) is 5.56 Å². The Hall–Kier alpha value is -2.44.